The second-order valence-corrected chi connectivity index (χ2v) is 12.3. The number of aromatic hydroxyl groups is 1. The Morgan fingerprint density at radius 2 is 1.44 bits per heavy atom. The van der Waals surface area contributed by atoms with Gasteiger partial charge in [0.1, 0.15) is 23.4 Å². The first-order chi connectivity index (χ1) is 17.9. The van der Waals surface area contributed by atoms with E-state index in [0.29, 0.717) is 0 Å². The van der Waals surface area contributed by atoms with E-state index >= 15 is 0 Å². The van der Waals surface area contributed by atoms with Gasteiger partial charge in [0.2, 0.25) is 11.8 Å². The Hall–Kier alpha value is -3.55. The molecule has 0 saturated carbocycles. The summed E-state index contributed by atoms with van der Waals surface area (Å²) in [6.45, 7) is 18.5. The maximum Gasteiger partial charge on any atom is 0.408 e. The Balaban J connectivity index is 2.68. The molecule has 2 unspecified atom stereocenters. The van der Waals surface area contributed by atoms with Crippen LogP contribution < -0.4 is 10.6 Å². The van der Waals surface area contributed by atoms with Crippen molar-refractivity contribution in [3.8, 4) is 5.75 Å². The third-order valence-corrected chi connectivity index (χ3v) is 6.08. The number of carbonyl (C=O) groups excluding carboxylic acids is 3. The number of hydrogen-bond donors (Lipinski definition) is 3. The number of amides is 3. The van der Waals surface area contributed by atoms with Gasteiger partial charge >= 0.3 is 6.09 Å². The number of ether oxygens (including phenoxy) is 1. The van der Waals surface area contributed by atoms with Gasteiger partial charge in [0.15, 0.2) is 0 Å². The first kappa shape index (κ1) is 31.7. The van der Waals surface area contributed by atoms with Crippen LogP contribution in [0.2, 0.25) is 0 Å². The molecule has 0 aromatic heterocycles. The van der Waals surface area contributed by atoms with Gasteiger partial charge in [-0.25, -0.2) is 4.79 Å². The topological polar surface area (TPSA) is 108 Å². The van der Waals surface area contributed by atoms with E-state index < -0.39 is 35.2 Å². The molecule has 0 saturated heterocycles. The number of alkyl carbamates (subject to hydrolysis) is 1. The molecule has 3 amide bonds. The third kappa shape index (κ3) is 9.01. The van der Waals surface area contributed by atoms with Crippen LogP contribution in [0.4, 0.5) is 4.79 Å². The molecule has 0 aliphatic heterocycles. The highest BCUT2D eigenvalue weighted by atomic mass is 16.6. The van der Waals surface area contributed by atoms with Crippen molar-refractivity contribution >= 4 is 17.9 Å². The number of nitrogens with one attached hydrogen (secondary N) is 2. The number of hydrogen-bond acceptors (Lipinski definition) is 5. The molecular weight excluding hydrogens is 494 g/mol. The largest absolute Gasteiger partial charge is 0.508 e. The minimum Gasteiger partial charge on any atom is -0.508 e. The minimum absolute atomic E-state index is 0.0958. The second-order valence-electron chi connectivity index (χ2n) is 12.3. The number of carbonyl (C=O) groups is 3. The summed E-state index contributed by atoms with van der Waals surface area (Å²) in [5.74, 6) is -0.627. The molecule has 2 aromatic rings. The van der Waals surface area contributed by atoms with Crippen molar-refractivity contribution < 1.29 is 24.2 Å². The zero-order valence-electron chi connectivity index (χ0n) is 25.0. The van der Waals surface area contributed by atoms with Crippen molar-refractivity contribution in [3.63, 3.8) is 0 Å². The summed E-state index contributed by atoms with van der Waals surface area (Å²) in [5, 5.41) is 15.5. The van der Waals surface area contributed by atoms with Crippen LogP contribution in [-0.2, 0) is 20.7 Å². The summed E-state index contributed by atoms with van der Waals surface area (Å²) in [6.07, 6.45) is -0.598. The molecule has 2 aromatic carbocycles. The van der Waals surface area contributed by atoms with Crippen molar-refractivity contribution in [3.05, 3.63) is 64.7 Å². The average molecular weight is 540 g/mol. The molecule has 0 radical (unpaired) electrons. The Bertz CT molecular complexity index is 1140. The van der Waals surface area contributed by atoms with Crippen molar-refractivity contribution in [1.29, 1.82) is 0 Å². The van der Waals surface area contributed by atoms with E-state index in [-0.39, 0.29) is 24.1 Å². The fourth-order valence-electron chi connectivity index (χ4n) is 4.53. The highest BCUT2D eigenvalue weighted by Crippen LogP contribution is 2.34. The lowest BCUT2D eigenvalue weighted by Gasteiger charge is -2.44. The Morgan fingerprint density at radius 1 is 0.897 bits per heavy atom. The van der Waals surface area contributed by atoms with Crippen molar-refractivity contribution in [2.45, 2.75) is 105 Å². The van der Waals surface area contributed by atoms with Gasteiger partial charge in [0, 0.05) is 18.0 Å². The predicted molar refractivity (Wildman–Crippen MR) is 154 cm³/mol. The molecule has 214 valence electrons. The fourth-order valence-corrected chi connectivity index (χ4v) is 4.53. The zero-order chi connectivity index (χ0) is 29.7. The van der Waals surface area contributed by atoms with Gasteiger partial charge in [-0.1, -0.05) is 30.3 Å². The van der Waals surface area contributed by atoms with Gasteiger partial charge in [-0.15, -0.1) is 0 Å². The first-order valence-electron chi connectivity index (χ1n) is 13.4. The van der Waals surface area contributed by atoms with Gasteiger partial charge in [0.25, 0.3) is 0 Å². The van der Waals surface area contributed by atoms with Gasteiger partial charge < -0.3 is 25.4 Å². The number of nitrogens with zero attached hydrogens (tertiary/aromatic N) is 1. The number of phenolic OH excluding ortho intramolecular Hbond substituents is 1. The minimum atomic E-state index is -1.04. The normalized spacial score (nSPS) is 13.4. The van der Waals surface area contributed by atoms with Gasteiger partial charge in [0.05, 0.1) is 0 Å². The van der Waals surface area contributed by atoms with Crippen LogP contribution in [0.5, 0.6) is 5.75 Å². The summed E-state index contributed by atoms with van der Waals surface area (Å²) in [5.41, 5.74) is 1.68. The van der Waals surface area contributed by atoms with E-state index in [2.05, 4.69) is 10.6 Å². The van der Waals surface area contributed by atoms with E-state index in [9.17, 15) is 19.5 Å². The molecule has 0 aliphatic carbocycles. The quantitative estimate of drug-likeness (QED) is 0.420. The number of aryl methyl sites for hydroxylation is 2. The lowest BCUT2D eigenvalue weighted by Crippen LogP contribution is -2.59. The van der Waals surface area contributed by atoms with Gasteiger partial charge in [-0.05, 0) is 104 Å². The number of benzene rings is 2. The molecule has 2 rings (SSSR count). The van der Waals surface area contributed by atoms with Crippen molar-refractivity contribution in [2.75, 3.05) is 0 Å². The summed E-state index contributed by atoms with van der Waals surface area (Å²) in [6, 6.07) is 10.1. The van der Waals surface area contributed by atoms with Crippen molar-refractivity contribution in [1.82, 2.24) is 15.5 Å². The highest BCUT2D eigenvalue weighted by molar-refractivity contribution is 5.93. The van der Waals surface area contributed by atoms with E-state index in [1.165, 1.54) is 12.1 Å². The molecule has 0 spiro atoms. The average Bonchev–Trinajstić information content (AvgIpc) is 2.76. The van der Waals surface area contributed by atoms with E-state index in [1.807, 2.05) is 66.7 Å². The maximum atomic E-state index is 14.5. The Morgan fingerprint density at radius 3 is 1.90 bits per heavy atom. The van der Waals surface area contributed by atoms with Gasteiger partial charge in [-0.3, -0.25) is 9.59 Å². The number of phenols is 1. The van der Waals surface area contributed by atoms with Crippen LogP contribution in [0, 0.1) is 13.8 Å². The van der Waals surface area contributed by atoms with E-state index in [0.717, 1.165) is 22.3 Å². The lowest BCUT2D eigenvalue weighted by molar-refractivity contribution is -0.148. The molecular formula is C31H45N3O5. The molecule has 3 N–H and O–H groups in total. The molecule has 0 fully saturated rings. The molecule has 2 atom stereocenters. The number of rotatable bonds is 8. The summed E-state index contributed by atoms with van der Waals surface area (Å²) < 4.78 is 5.48. The first-order valence-corrected chi connectivity index (χ1v) is 13.4. The third-order valence-electron chi connectivity index (χ3n) is 6.08. The SMILES string of the molecule is Cc1cccc(C)c1C(C(=O)NC(C)C)N(C(=O)C(Cc1ccc(O)cc1)NC(=O)OC(C)(C)C)C(C)(C)C. The molecule has 8 nitrogen and oxygen atoms in total. The highest BCUT2D eigenvalue weighted by Gasteiger charge is 2.43. The summed E-state index contributed by atoms with van der Waals surface area (Å²) in [4.78, 5) is 42.8. The van der Waals surface area contributed by atoms with Crippen molar-refractivity contribution in [2.24, 2.45) is 0 Å². The molecule has 8 heteroatoms. The Kier molecular flexibility index (Phi) is 10.2. The summed E-state index contributed by atoms with van der Waals surface area (Å²) in [7, 11) is 0. The van der Waals surface area contributed by atoms with Gasteiger partial charge in [-0.2, -0.15) is 0 Å². The fraction of sp³-hybridized carbons (Fsp3) is 0.516. The smallest absolute Gasteiger partial charge is 0.408 e. The zero-order valence-corrected chi connectivity index (χ0v) is 25.0. The molecule has 39 heavy (non-hydrogen) atoms. The van der Waals surface area contributed by atoms with Crippen LogP contribution in [-0.4, -0.2) is 51.1 Å². The van der Waals surface area contributed by atoms with Crippen LogP contribution in [0.3, 0.4) is 0 Å². The van der Waals surface area contributed by atoms with E-state index in [1.54, 1.807) is 37.8 Å². The molecule has 0 bridgehead atoms. The second kappa shape index (κ2) is 12.5. The maximum absolute atomic E-state index is 14.5. The summed E-state index contributed by atoms with van der Waals surface area (Å²) >= 11 is 0. The monoisotopic (exact) mass is 539 g/mol. The molecule has 0 aliphatic rings. The Labute approximate surface area is 233 Å². The van der Waals surface area contributed by atoms with E-state index in [4.69, 9.17) is 4.74 Å². The molecule has 0 heterocycles. The predicted octanol–water partition coefficient (Wildman–Crippen LogP) is 5.34. The van der Waals surface area contributed by atoms with Crippen LogP contribution in [0.25, 0.3) is 0 Å². The van der Waals surface area contributed by atoms with Crippen LogP contribution >= 0.6 is 0 Å². The van der Waals surface area contributed by atoms with Crippen LogP contribution in [0.15, 0.2) is 42.5 Å². The lowest BCUT2D eigenvalue weighted by atomic mass is 9.89. The standard InChI is InChI=1S/C31H45N3O5/c1-19(2)32-27(36)26(25-20(3)12-11-13-21(25)4)34(30(5,6)7)28(37)24(33-29(38)39-31(8,9)10)18-22-14-16-23(35)17-15-22/h11-17,19,24,26,35H,18H2,1-10H3,(H,32,36)(H,33,38). The van der Waals surface area contributed by atoms with Crippen LogP contribution in [0.1, 0.15) is 83.7 Å².